The Labute approximate surface area is 175 Å². The number of carboxylic acid groups (broad SMARTS) is 1. The van der Waals surface area contributed by atoms with Crippen LogP contribution in [-0.2, 0) is 11.2 Å². The number of rotatable bonds is 6. The van der Waals surface area contributed by atoms with Gasteiger partial charge in [0, 0.05) is 29.8 Å². The Morgan fingerprint density at radius 1 is 1.27 bits per heavy atom. The highest BCUT2D eigenvalue weighted by molar-refractivity contribution is 6.05. The standard InChI is InChI=1S/C23H23N3O4/c1-3-10-26(2)22(24)16-4-6-17(7-5-16)23(29)25-19-8-9-20-18(13-19)11-15(14-30-20)12-21(27)28/h1,4-9,13,15,24H,10-12,14H2,2H3,(H,25,29)(H,27,28). The van der Waals surface area contributed by atoms with Crippen molar-refractivity contribution in [1.29, 1.82) is 5.41 Å². The van der Waals surface area contributed by atoms with Gasteiger partial charge in [0.15, 0.2) is 0 Å². The number of hydrogen-bond donors (Lipinski definition) is 3. The zero-order valence-corrected chi connectivity index (χ0v) is 16.6. The van der Waals surface area contributed by atoms with E-state index in [0.717, 1.165) is 5.56 Å². The van der Waals surface area contributed by atoms with Gasteiger partial charge in [0.1, 0.15) is 11.6 Å². The van der Waals surface area contributed by atoms with Crippen LogP contribution in [0.2, 0.25) is 0 Å². The van der Waals surface area contributed by atoms with Crippen LogP contribution >= 0.6 is 0 Å². The fraction of sp³-hybridized carbons (Fsp3) is 0.261. The molecule has 154 valence electrons. The Morgan fingerprint density at radius 2 is 1.97 bits per heavy atom. The summed E-state index contributed by atoms with van der Waals surface area (Å²) >= 11 is 0. The molecule has 0 aromatic heterocycles. The van der Waals surface area contributed by atoms with E-state index in [1.165, 1.54) is 0 Å². The summed E-state index contributed by atoms with van der Waals surface area (Å²) in [5.74, 6) is 2.28. The van der Waals surface area contributed by atoms with Crippen molar-refractivity contribution in [3.05, 3.63) is 59.2 Å². The third-order valence-corrected chi connectivity index (χ3v) is 4.90. The summed E-state index contributed by atoms with van der Waals surface area (Å²) < 4.78 is 5.64. The summed E-state index contributed by atoms with van der Waals surface area (Å²) in [6, 6.07) is 12.1. The van der Waals surface area contributed by atoms with E-state index in [4.69, 9.17) is 21.7 Å². The largest absolute Gasteiger partial charge is 0.493 e. The highest BCUT2D eigenvalue weighted by Crippen LogP contribution is 2.31. The topological polar surface area (TPSA) is 103 Å². The molecule has 0 fully saturated rings. The molecule has 7 heteroatoms. The number of amidine groups is 1. The van der Waals surface area contributed by atoms with Crippen LogP contribution in [0.3, 0.4) is 0 Å². The molecule has 1 atom stereocenters. The molecule has 1 heterocycles. The van der Waals surface area contributed by atoms with Crippen LogP contribution in [0.4, 0.5) is 5.69 Å². The SMILES string of the molecule is C#CCN(C)C(=N)c1ccc(C(=O)Nc2ccc3c(c2)CC(CC(=O)O)CO3)cc1. The van der Waals surface area contributed by atoms with Crippen molar-refractivity contribution in [3.63, 3.8) is 0 Å². The molecular weight excluding hydrogens is 382 g/mol. The highest BCUT2D eigenvalue weighted by atomic mass is 16.5. The predicted molar refractivity (Wildman–Crippen MR) is 114 cm³/mol. The monoisotopic (exact) mass is 405 g/mol. The number of aliphatic carboxylic acids is 1. The first-order chi connectivity index (χ1) is 14.4. The minimum absolute atomic E-state index is 0.0495. The van der Waals surface area contributed by atoms with Crippen LogP contribution in [-0.4, -0.2) is 47.9 Å². The smallest absolute Gasteiger partial charge is 0.303 e. The van der Waals surface area contributed by atoms with Gasteiger partial charge >= 0.3 is 5.97 Å². The summed E-state index contributed by atoms with van der Waals surface area (Å²) in [6.07, 6.45) is 5.92. The Kier molecular flexibility index (Phi) is 6.38. The lowest BCUT2D eigenvalue weighted by molar-refractivity contribution is -0.138. The quantitative estimate of drug-likeness (QED) is 0.390. The van der Waals surface area contributed by atoms with Gasteiger partial charge in [-0.15, -0.1) is 6.42 Å². The van der Waals surface area contributed by atoms with E-state index in [1.54, 1.807) is 48.3 Å². The second kappa shape index (κ2) is 9.14. The molecule has 3 rings (SSSR count). The molecule has 7 nitrogen and oxygen atoms in total. The number of nitrogens with one attached hydrogen (secondary N) is 2. The van der Waals surface area contributed by atoms with Crippen LogP contribution in [0.1, 0.15) is 27.9 Å². The summed E-state index contributed by atoms with van der Waals surface area (Å²) in [4.78, 5) is 25.2. The fourth-order valence-corrected chi connectivity index (χ4v) is 3.33. The van der Waals surface area contributed by atoms with E-state index >= 15 is 0 Å². The van der Waals surface area contributed by atoms with Crippen molar-refractivity contribution in [1.82, 2.24) is 4.90 Å². The summed E-state index contributed by atoms with van der Waals surface area (Å²) in [5.41, 5.74) is 2.62. The molecule has 1 unspecified atom stereocenters. The average Bonchev–Trinajstić information content (AvgIpc) is 2.72. The summed E-state index contributed by atoms with van der Waals surface area (Å²) in [5, 5.41) is 20.0. The van der Waals surface area contributed by atoms with Crippen LogP contribution in [0.5, 0.6) is 5.75 Å². The first kappa shape index (κ1) is 20.9. The van der Waals surface area contributed by atoms with E-state index in [9.17, 15) is 9.59 Å². The Morgan fingerprint density at radius 3 is 2.63 bits per heavy atom. The van der Waals surface area contributed by atoms with Crippen LogP contribution in [0, 0.1) is 23.7 Å². The zero-order chi connectivity index (χ0) is 21.7. The number of amides is 1. The van der Waals surface area contributed by atoms with Crippen LogP contribution < -0.4 is 10.1 Å². The van der Waals surface area contributed by atoms with Gasteiger partial charge in [-0.2, -0.15) is 0 Å². The molecule has 1 aliphatic rings. The normalized spacial score (nSPS) is 14.6. The molecular formula is C23H23N3O4. The second-order valence-electron chi connectivity index (χ2n) is 7.24. The molecule has 0 radical (unpaired) electrons. The van der Waals surface area contributed by atoms with Gasteiger partial charge in [-0.05, 0) is 42.3 Å². The van der Waals surface area contributed by atoms with Crippen molar-refractivity contribution in [3.8, 4) is 18.1 Å². The van der Waals surface area contributed by atoms with E-state index in [1.807, 2.05) is 6.07 Å². The third kappa shape index (κ3) is 4.97. The Hall–Kier alpha value is -3.79. The van der Waals surface area contributed by atoms with Crippen molar-refractivity contribution in [2.45, 2.75) is 12.8 Å². The van der Waals surface area contributed by atoms with Crippen LogP contribution in [0.25, 0.3) is 0 Å². The number of nitrogens with zero attached hydrogens (tertiary/aromatic N) is 1. The third-order valence-electron chi connectivity index (χ3n) is 4.90. The van der Waals surface area contributed by atoms with E-state index in [-0.39, 0.29) is 24.1 Å². The van der Waals surface area contributed by atoms with E-state index in [2.05, 4.69) is 11.2 Å². The van der Waals surface area contributed by atoms with E-state index < -0.39 is 5.97 Å². The molecule has 3 N–H and O–H groups in total. The lowest BCUT2D eigenvalue weighted by atomic mass is 9.94. The number of anilines is 1. The van der Waals surface area contributed by atoms with Gasteiger partial charge in [0.25, 0.3) is 5.91 Å². The average molecular weight is 405 g/mol. The summed E-state index contributed by atoms with van der Waals surface area (Å²) in [7, 11) is 1.74. The molecule has 0 aliphatic carbocycles. The number of fused-ring (bicyclic) bond motifs is 1. The number of hydrogen-bond acceptors (Lipinski definition) is 4. The number of carbonyl (C=O) groups excluding carboxylic acids is 1. The number of ether oxygens (including phenoxy) is 1. The number of carbonyl (C=O) groups is 2. The van der Waals surface area contributed by atoms with Gasteiger partial charge in [0.05, 0.1) is 19.6 Å². The predicted octanol–water partition coefficient (Wildman–Crippen LogP) is 2.86. The molecule has 30 heavy (non-hydrogen) atoms. The zero-order valence-electron chi connectivity index (χ0n) is 16.6. The van der Waals surface area contributed by atoms with Crippen molar-refractivity contribution < 1.29 is 19.4 Å². The molecule has 1 amide bonds. The second-order valence-corrected chi connectivity index (χ2v) is 7.24. The Balaban J connectivity index is 1.67. The number of benzene rings is 2. The van der Waals surface area contributed by atoms with Crippen molar-refractivity contribution in [2.24, 2.45) is 5.92 Å². The first-order valence-electron chi connectivity index (χ1n) is 9.50. The fourth-order valence-electron chi connectivity index (χ4n) is 3.33. The molecule has 2 aromatic carbocycles. The molecule has 0 saturated carbocycles. The highest BCUT2D eigenvalue weighted by Gasteiger charge is 2.22. The minimum atomic E-state index is -0.849. The lowest BCUT2D eigenvalue weighted by Crippen LogP contribution is -2.27. The lowest BCUT2D eigenvalue weighted by Gasteiger charge is -2.24. The minimum Gasteiger partial charge on any atom is -0.493 e. The maximum atomic E-state index is 12.6. The van der Waals surface area contributed by atoms with Crippen LogP contribution in [0.15, 0.2) is 42.5 Å². The number of terminal acetylenes is 1. The maximum absolute atomic E-state index is 12.6. The Bertz CT molecular complexity index is 1010. The van der Waals surface area contributed by atoms with Gasteiger partial charge in [-0.3, -0.25) is 15.0 Å². The van der Waals surface area contributed by atoms with Gasteiger partial charge in [0.2, 0.25) is 0 Å². The first-order valence-corrected chi connectivity index (χ1v) is 9.50. The van der Waals surface area contributed by atoms with Gasteiger partial charge in [-0.1, -0.05) is 18.1 Å². The van der Waals surface area contributed by atoms with Gasteiger partial charge in [-0.25, -0.2) is 0 Å². The maximum Gasteiger partial charge on any atom is 0.303 e. The molecule has 0 spiro atoms. The molecule has 1 aliphatic heterocycles. The molecule has 0 bridgehead atoms. The van der Waals surface area contributed by atoms with E-state index in [0.29, 0.717) is 42.1 Å². The van der Waals surface area contributed by atoms with Crippen molar-refractivity contribution >= 4 is 23.4 Å². The molecule has 0 saturated heterocycles. The van der Waals surface area contributed by atoms with Gasteiger partial charge < -0.3 is 20.1 Å². The molecule has 2 aromatic rings. The summed E-state index contributed by atoms with van der Waals surface area (Å²) in [6.45, 7) is 0.708. The van der Waals surface area contributed by atoms with Crippen molar-refractivity contribution in [2.75, 3.05) is 25.5 Å². The number of carboxylic acids is 1.